The van der Waals surface area contributed by atoms with Crippen LogP contribution in [-0.4, -0.2) is 20.4 Å². The third kappa shape index (κ3) is 3.95. The highest BCUT2D eigenvalue weighted by atomic mass is 35.5. The number of benzene rings is 1. The quantitative estimate of drug-likeness (QED) is 0.656. The van der Waals surface area contributed by atoms with Gasteiger partial charge < -0.3 is 5.32 Å². The van der Waals surface area contributed by atoms with Gasteiger partial charge in [0.25, 0.3) is 5.56 Å². The van der Waals surface area contributed by atoms with E-state index in [2.05, 4.69) is 15.3 Å². The van der Waals surface area contributed by atoms with Crippen molar-refractivity contribution in [2.75, 3.05) is 5.32 Å². The van der Waals surface area contributed by atoms with Gasteiger partial charge in [0.2, 0.25) is 5.91 Å². The number of hydrogen-bond donors (Lipinski definition) is 1. The van der Waals surface area contributed by atoms with E-state index in [0.29, 0.717) is 33.4 Å². The second-order valence-electron chi connectivity index (χ2n) is 7.18. The van der Waals surface area contributed by atoms with Crippen LogP contribution in [0.5, 0.6) is 0 Å². The molecule has 28 heavy (non-hydrogen) atoms. The van der Waals surface area contributed by atoms with Crippen molar-refractivity contribution in [2.24, 2.45) is 5.92 Å². The summed E-state index contributed by atoms with van der Waals surface area (Å²) in [7, 11) is 0. The Hall–Kier alpha value is -2.25. The summed E-state index contributed by atoms with van der Waals surface area (Å²) in [6, 6.07) is 4.50. The molecule has 1 unspecified atom stereocenters. The normalized spacial score (nSPS) is 16.2. The predicted molar refractivity (Wildman–Crippen MR) is 112 cm³/mol. The maximum absolute atomic E-state index is 13.1. The SMILES string of the molecule is O=C(Nc1nccs1)C(CC1CCCCC1)n1cnc2c(Cl)cccc2c1=O. The van der Waals surface area contributed by atoms with Crippen LogP contribution in [0.15, 0.2) is 40.9 Å². The van der Waals surface area contributed by atoms with Crippen LogP contribution < -0.4 is 10.9 Å². The number of hydrogen-bond acceptors (Lipinski definition) is 5. The van der Waals surface area contributed by atoms with Crippen LogP contribution in [-0.2, 0) is 4.79 Å². The first-order valence-corrected chi connectivity index (χ1v) is 10.7. The minimum absolute atomic E-state index is 0.231. The maximum Gasteiger partial charge on any atom is 0.261 e. The third-order valence-corrected chi connectivity index (χ3v) is 6.34. The van der Waals surface area contributed by atoms with Crippen molar-refractivity contribution >= 4 is 44.9 Å². The fraction of sp³-hybridized carbons (Fsp3) is 0.400. The summed E-state index contributed by atoms with van der Waals surface area (Å²) in [5.41, 5.74) is 0.213. The van der Waals surface area contributed by atoms with Gasteiger partial charge in [-0.25, -0.2) is 9.97 Å². The molecule has 2 heterocycles. The van der Waals surface area contributed by atoms with E-state index in [-0.39, 0.29) is 11.5 Å². The van der Waals surface area contributed by atoms with E-state index in [9.17, 15) is 9.59 Å². The molecular formula is C20H21ClN4O2S. The number of thiazole rings is 1. The number of rotatable bonds is 5. The number of fused-ring (bicyclic) bond motifs is 1. The van der Waals surface area contributed by atoms with Crippen molar-refractivity contribution in [2.45, 2.75) is 44.6 Å². The molecular weight excluding hydrogens is 396 g/mol. The summed E-state index contributed by atoms with van der Waals surface area (Å²) in [6.45, 7) is 0. The van der Waals surface area contributed by atoms with Gasteiger partial charge in [-0.05, 0) is 24.5 Å². The van der Waals surface area contributed by atoms with Gasteiger partial charge in [0.05, 0.1) is 22.3 Å². The van der Waals surface area contributed by atoms with Gasteiger partial charge in [-0.1, -0.05) is 49.8 Å². The molecule has 1 aliphatic carbocycles. The van der Waals surface area contributed by atoms with E-state index < -0.39 is 6.04 Å². The molecule has 1 aromatic carbocycles. The van der Waals surface area contributed by atoms with E-state index in [4.69, 9.17) is 11.6 Å². The topological polar surface area (TPSA) is 76.9 Å². The van der Waals surface area contributed by atoms with Gasteiger partial charge in [-0.3, -0.25) is 14.2 Å². The Morgan fingerprint density at radius 3 is 2.86 bits per heavy atom. The Labute approximate surface area is 171 Å². The fourth-order valence-corrected chi connectivity index (χ4v) is 4.67. The number of nitrogens with one attached hydrogen (secondary N) is 1. The molecule has 1 atom stereocenters. The number of nitrogens with zero attached hydrogens (tertiary/aromatic N) is 3. The zero-order chi connectivity index (χ0) is 19.5. The third-order valence-electron chi connectivity index (χ3n) is 5.35. The smallest absolute Gasteiger partial charge is 0.261 e. The summed E-state index contributed by atoms with van der Waals surface area (Å²) in [5, 5.41) is 6.04. The van der Waals surface area contributed by atoms with Crippen molar-refractivity contribution in [3.05, 3.63) is 51.5 Å². The summed E-state index contributed by atoms with van der Waals surface area (Å²) in [5.74, 6) is 0.188. The van der Waals surface area contributed by atoms with Gasteiger partial charge >= 0.3 is 0 Å². The molecule has 0 radical (unpaired) electrons. The van der Waals surface area contributed by atoms with Gasteiger partial charge in [-0.15, -0.1) is 11.3 Å². The standard InChI is InChI=1S/C20H21ClN4O2S/c21-15-8-4-7-14-17(15)23-12-25(19(14)27)16(11-13-5-2-1-3-6-13)18(26)24-20-22-9-10-28-20/h4,7-10,12-13,16H,1-3,5-6,11H2,(H,22,24,26). The Morgan fingerprint density at radius 1 is 1.29 bits per heavy atom. The average molecular weight is 417 g/mol. The van der Waals surface area contributed by atoms with Crippen LogP contribution in [0.25, 0.3) is 10.9 Å². The summed E-state index contributed by atoms with van der Waals surface area (Å²) < 4.78 is 1.45. The molecule has 1 saturated carbocycles. The Kier molecular flexibility index (Phi) is 5.73. The first-order chi connectivity index (χ1) is 13.6. The molecule has 4 rings (SSSR count). The molecule has 6 nitrogen and oxygen atoms in total. The average Bonchev–Trinajstić information content (AvgIpc) is 3.21. The molecule has 1 aliphatic rings. The number of halogens is 1. The Balaban J connectivity index is 1.71. The van der Waals surface area contributed by atoms with Gasteiger partial charge in [0.1, 0.15) is 6.04 Å². The Morgan fingerprint density at radius 2 is 2.11 bits per heavy atom. The van der Waals surface area contributed by atoms with Crippen molar-refractivity contribution < 1.29 is 4.79 Å². The second kappa shape index (κ2) is 8.41. The Bertz CT molecular complexity index is 1030. The lowest BCUT2D eigenvalue weighted by Crippen LogP contribution is -2.35. The van der Waals surface area contributed by atoms with Crippen molar-refractivity contribution in [3.63, 3.8) is 0 Å². The van der Waals surface area contributed by atoms with E-state index in [1.807, 2.05) is 0 Å². The number of carbonyl (C=O) groups excluding carboxylic acids is 1. The number of amides is 1. The van der Waals surface area contributed by atoms with Crippen LogP contribution in [0.1, 0.15) is 44.6 Å². The van der Waals surface area contributed by atoms with Crippen molar-refractivity contribution in [3.8, 4) is 0 Å². The lowest BCUT2D eigenvalue weighted by molar-refractivity contribution is -0.120. The zero-order valence-electron chi connectivity index (χ0n) is 15.3. The monoisotopic (exact) mass is 416 g/mol. The van der Waals surface area contributed by atoms with Crippen LogP contribution in [0.4, 0.5) is 5.13 Å². The number of para-hydroxylation sites is 1. The lowest BCUT2D eigenvalue weighted by atomic mass is 9.84. The van der Waals surface area contributed by atoms with E-state index in [0.717, 1.165) is 12.8 Å². The molecule has 1 fully saturated rings. The maximum atomic E-state index is 13.1. The second-order valence-corrected chi connectivity index (χ2v) is 8.48. The summed E-state index contributed by atoms with van der Waals surface area (Å²) in [4.78, 5) is 34.7. The number of carbonyl (C=O) groups is 1. The molecule has 0 spiro atoms. The van der Waals surface area contributed by atoms with E-state index in [1.165, 1.54) is 41.5 Å². The first-order valence-electron chi connectivity index (χ1n) is 9.49. The fourth-order valence-electron chi connectivity index (χ4n) is 3.91. The van der Waals surface area contributed by atoms with Gasteiger partial charge in [0, 0.05) is 11.6 Å². The molecule has 8 heteroatoms. The van der Waals surface area contributed by atoms with E-state index >= 15 is 0 Å². The highest BCUT2D eigenvalue weighted by molar-refractivity contribution is 7.13. The van der Waals surface area contributed by atoms with Gasteiger partial charge in [0.15, 0.2) is 5.13 Å². The zero-order valence-corrected chi connectivity index (χ0v) is 16.9. The summed E-state index contributed by atoms with van der Waals surface area (Å²) >= 11 is 7.53. The van der Waals surface area contributed by atoms with Crippen LogP contribution >= 0.6 is 22.9 Å². The molecule has 1 amide bonds. The van der Waals surface area contributed by atoms with Crippen LogP contribution in [0.2, 0.25) is 5.02 Å². The van der Waals surface area contributed by atoms with Crippen LogP contribution in [0, 0.1) is 5.92 Å². The summed E-state index contributed by atoms with van der Waals surface area (Å²) in [6.07, 6.45) is 9.46. The largest absolute Gasteiger partial charge is 0.300 e. The van der Waals surface area contributed by atoms with Gasteiger partial charge in [-0.2, -0.15) is 0 Å². The molecule has 0 bridgehead atoms. The van der Waals surface area contributed by atoms with Crippen molar-refractivity contribution in [1.29, 1.82) is 0 Å². The van der Waals surface area contributed by atoms with E-state index in [1.54, 1.807) is 29.8 Å². The minimum Gasteiger partial charge on any atom is -0.300 e. The number of aromatic nitrogens is 3. The molecule has 0 aliphatic heterocycles. The molecule has 2 aromatic heterocycles. The number of anilines is 1. The lowest BCUT2D eigenvalue weighted by Gasteiger charge is -2.27. The molecule has 0 saturated heterocycles. The highest BCUT2D eigenvalue weighted by Crippen LogP contribution is 2.31. The minimum atomic E-state index is -0.629. The predicted octanol–water partition coefficient (Wildman–Crippen LogP) is 4.66. The highest BCUT2D eigenvalue weighted by Gasteiger charge is 2.28. The first kappa shape index (κ1) is 19.1. The molecule has 146 valence electrons. The molecule has 3 aromatic rings. The van der Waals surface area contributed by atoms with Crippen molar-refractivity contribution in [1.82, 2.24) is 14.5 Å². The molecule has 1 N–H and O–H groups in total. The van der Waals surface area contributed by atoms with Crippen LogP contribution in [0.3, 0.4) is 0 Å².